The van der Waals surface area contributed by atoms with Gasteiger partial charge in [-0.3, -0.25) is 18.7 Å². The first-order valence-electron chi connectivity index (χ1n) is 33.8. The molecule has 2 heterocycles. The van der Waals surface area contributed by atoms with Crippen molar-refractivity contribution in [2.24, 2.45) is 30.7 Å². The lowest BCUT2D eigenvalue weighted by atomic mass is 9.90. The monoisotopic (exact) mass is 1460 g/mol. The predicted molar refractivity (Wildman–Crippen MR) is 428 cm³/mol. The Morgan fingerprint density at radius 1 is 0.396 bits per heavy atom. The van der Waals surface area contributed by atoms with Crippen molar-refractivity contribution >= 4 is 112 Å². The molecule has 542 valence electrons. The summed E-state index contributed by atoms with van der Waals surface area (Å²) in [7, 11) is 14.8. The van der Waals surface area contributed by atoms with Gasteiger partial charge in [-0.25, -0.2) is 9.15 Å². The van der Waals surface area contributed by atoms with Gasteiger partial charge in [-0.05, 0) is 180 Å². The highest BCUT2D eigenvalue weighted by Gasteiger charge is 2.36. The largest absolute Gasteiger partial charge is 0.378 e. The van der Waals surface area contributed by atoms with Crippen LogP contribution in [0.3, 0.4) is 0 Å². The zero-order valence-corrected chi connectivity index (χ0v) is 63.3. The van der Waals surface area contributed by atoms with Crippen LogP contribution in [-0.4, -0.2) is 166 Å². The topological polar surface area (TPSA) is 242 Å². The molecule has 0 aromatic heterocycles. The number of carbonyl (C=O) groups excluding carboxylic acids is 2. The van der Waals surface area contributed by atoms with Crippen LogP contribution < -0.4 is 29.6 Å². The summed E-state index contributed by atoms with van der Waals surface area (Å²) in [6.45, 7) is 3.16. The number of benzene rings is 8. The van der Waals surface area contributed by atoms with E-state index < -0.39 is 53.9 Å². The molecular weight excluding hydrogens is 1370 g/mol. The van der Waals surface area contributed by atoms with Crippen LogP contribution >= 0.6 is 0 Å². The van der Waals surface area contributed by atoms with E-state index in [9.17, 15) is 35.5 Å². The number of rotatable bonds is 17. The Morgan fingerprint density at radius 2 is 0.670 bits per heavy atom. The van der Waals surface area contributed by atoms with Gasteiger partial charge in [0, 0.05) is 115 Å². The Morgan fingerprint density at radius 3 is 0.915 bits per heavy atom. The third kappa shape index (κ3) is 18.3. The molecule has 8 aromatic carbocycles. The minimum absolute atomic E-state index is 0.0956. The summed E-state index contributed by atoms with van der Waals surface area (Å²) in [6.07, 6.45) is 17.6. The highest BCUT2D eigenvalue weighted by atomic mass is 32.2. The van der Waals surface area contributed by atoms with Crippen molar-refractivity contribution in [2.45, 2.75) is 35.7 Å². The summed E-state index contributed by atoms with van der Waals surface area (Å²) in [5, 5.41) is 26.9. The Kier molecular flexibility index (Phi) is 24.0. The molecule has 0 fully saturated rings. The molecule has 0 spiro atoms. The summed E-state index contributed by atoms with van der Waals surface area (Å²) < 4.78 is 74.6. The number of nitrogens with zero attached hydrogens (tertiary/aromatic N) is 14. The van der Waals surface area contributed by atoms with Gasteiger partial charge in [-0.1, -0.05) is 97.1 Å². The lowest BCUT2D eigenvalue weighted by Crippen LogP contribution is -2.29. The first kappa shape index (κ1) is 76.7. The molecule has 0 saturated carbocycles. The van der Waals surface area contributed by atoms with Crippen molar-refractivity contribution in [3.05, 3.63) is 276 Å². The number of amides is 2. The molecule has 2 atom stereocenters. The SMILES string of the molecule is CC1=NN(c2ccccc2)C(=O)C1N=Nc1ccc(-c2ccc(N=NC3C(=O)N(c4ccccc4)N=C3C)cc2S(=O)(=O)O)c(S(=O)(=O)O)c1.CN(C)c1ccc(C(=C2C=CC(=[N+](C)C)C=C2)c2ccc(N(C)C)cc2)cc1.CN(C)c1ccc(C(=C2C=CC(=[N+](C)C)C=C2)c2ccc(N(C)C)cc2)cc1. The highest BCUT2D eigenvalue weighted by molar-refractivity contribution is 7.86. The van der Waals surface area contributed by atoms with Crippen LogP contribution in [0, 0.1) is 0 Å². The molecule has 2 unspecified atom stereocenters. The number of hydrazone groups is 2. The van der Waals surface area contributed by atoms with Gasteiger partial charge in [0.2, 0.25) is 0 Å². The van der Waals surface area contributed by atoms with E-state index in [1.54, 1.807) is 74.5 Å². The Hall–Kier alpha value is -12.0. The van der Waals surface area contributed by atoms with Crippen molar-refractivity contribution in [2.75, 3.05) is 114 Å². The summed E-state index contributed by atoms with van der Waals surface area (Å²) >= 11 is 0. The van der Waals surface area contributed by atoms with E-state index in [0.717, 1.165) is 24.3 Å². The van der Waals surface area contributed by atoms with Crippen molar-refractivity contribution in [1.29, 1.82) is 0 Å². The van der Waals surface area contributed by atoms with E-state index in [-0.39, 0.29) is 22.5 Å². The second-order valence-corrected chi connectivity index (χ2v) is 29.2. The van der Waals surface area contributed by atoms with Crippen molar-refractivity contribution in [3.8, 4) is 11.1 Å². The quantitative estimate of drug-likeness (QED) is 0.0491. The summed E-state index contributed by atoms with van der Waals surface area (Å²) in [5.74, 6) is -0.986. The molecule has 2 aliphatic carbocycles. The third-order valence-electron chi connectivity index (χ3n) is 17.6. The number of anilines is 6. The van der Waals surface area contributed by atoms with E-state index >= 15 is 0 Å². The molecule has 12 rings (SSSR count). The van der Waals surface area contributed by atoms with Crippen LogP contribution in [0.15, 0.2) is 294 Å². The average molecular weight is 1460 g/mol. The van der Waals surface area contributed by atoms with Crippen LogP contribution in [0.5, 0.6) is 0 Å². The van der Waals surface area contributed by atoms with Crippen LogP contribution in [0.1, 0.15) is 36.1 Å². The Bertz CT molecular complexity index is 4790. The van der Waals surface area contributed by atoms with Gasteiger partial charge in [-0.15, -0.1) is 0 Å². The van der Waals surface area contributed by atoms with Crippen molar-refractivity contribution in [3.63, 3.8) is 0 Å². The lowest BCUT2D eigenvalue weighted by Gasteiger charge is -2.18. The molecule has 2 amide bonds. The van der Waals surface area contributed by atoms with Crippen LogP contribution in [0.2, 0.25) is 0 Å². The standard InChI is InChI=1S/C32H26N8O8S2.2C25H30N3/c1-19-29(31(41)39(37-19)23-9-5-3-6-10-23)35-33-21-13-15-25(27(17-21)49(43,44)45)26-16-14-22(18-28(26)50(46,47)48)34-36-30-20(2)38-40(32(30)42)24-11-7-4-8-12-24;2*1-26(2)22-13-7-19(8-14-22)25(20-9-15-23(16-10-20)27(3)4)21-11-17-24(18-12-21)28(5)6/h3-18,29-30H,1-2H3,(H,43,44,45)(H,46,47,48);2*7-18H,1-6H3/q;2*+1. The summed E-state index contributed by atoms with van der Waals surface area (Å²) in [5.41, 5.74) is 17.9. The molecule has 24 heteroatoms. The van der Waals surface area contributed by atoms with Gasteiger partial charge in [0.1, 0.15) is 38.0 Å². The van der Waals surface area contributed by atoms with E-state index in [1.807, 2.05) is 0 Å². The van der Waals surface area contributed by atoms with E-state index in [1.165, 1.54) is 101 Å². The normalized spacial score (nSPS) is 15.5. The van der Waals surface area contributed by atoms with Crippen molar-refractivity contribution < 1.29 is 44.7 Å². The zero-order chi connectivity index (χ0) is 76.3. The Labute approximate surface area is 620 Å². The zero-order valence-electron chi connectivity index (χ0n) is 61.7. The molecule has 2 N–H and O–H groups in total. The first-order chi connectivity index (χ1) is 50.4. The molecule has 4 aliphatic rings. The van der Waals surface area contributed by atoms with Gasteiger partial charge in [0.05, 0.1) is 34.2 Å². The van der Waals surface area contributed by atoms with E-state index in [0.29, 0.717) is 22.8 Å². The predicted octanol–water partition coefficient (Wildman–Crippen LogP) is 14.5. The van der Waals surface area contributed by atoms with E-state index in [4.69, 9.17) is 0 Å². The molecule has 2 aliphatic heterocycles. The van der Waals surface area contributed by atoms with Gasteiger partial charge < -0.3 is 19.6 Å². The maximum atomic E-state index is 13.0. The second kappa shape index (κ2) is 33.2. The molecule has 22 nitrogen and oxygen atoms in total. The number of allylic oxidation sites excluding steroid dienone is 10. The van der Waals surface area contributed by atoms with Crippen LogP contribution in [0.25, 0.3) is 22.3 Å². The molecular formula is C82H86N14O8S2+2. The van der Waals surface area contributed by atoms with Gasteiger partial charge >= 0.3 is 0 Å². The fraction of sp³-hybridized carbons (Fsp3) is 0.195. The van der Waals surface area contributed by atoms with Gasteiger partial charge in [0.25, 0.3) is 32.1 Å². The first-order valence-corrected chi connectivity index (χ1v) is 36.7. The molecule has 0 saturated heterocycles. The maximum absolute atomic E-state index is 13.0. The molecule has 0 radical (unpaired) electrons. The summed E-state index contributed by atoms with van der Waals surface area (Å²) in [6, 6.07) is 56.9. The average Bonchev–Trinajstić information content (AvgIpc) is 1.08. The molecule has 106 heavy (non-hydrogen) atoms. The van der Waals surface area contributed by atoms with Crippen LogP contribution in [0.4, 0.5) is 45.5 Å². The van der Waals surface area contributed by atoms with Crippen molar-refractivity contribution in [1.82, 2.24) is 0 Å². The minimum atomic E-state index is -5.02. The number of para-hydroxylation sites is 2. The molecule has 8 aromatic rings. The highest BCUT2D eigenvalue weighted by Crippen LogP contribution is 2.39. The number of hydrogen-bond donors (Lipinski definition) is 2. The minimum Gasteiger partial charge on any atom is -0.378 e. The maximum Gasteiger partial charge on any atom is 0.295 e. The third-order valence-corrected chi connectivity index (χ3v) is 19.4. The van der Waals surface area contributed by atoms with Crippen LogP contribution in [-0.2, 0) is 29.8 Å². The van der Waals surface area contributed by atoms with Gasteiger partial charge in [-0.2, -0.15) is 57.5 Å². The molecule has 0 bridgehead atoms. The second-order valence-electron chi connectivity index (χ2n) is 26.4. The number of azo groups is 2. The van der Waals surface area contributed by atoms with E-state index in [2.05, 4.69) is 290 Å². The lowest BCUT2D eigenvalue weighted by molar-refractivity contribution is -0.462. The fourth-order valence-electron chi connectivity index (χ4n) is 11.7. The summed E-state index contributed by atoms with van der Waals surface area (Å²) in [4.78, 5) is 33.0. The fourth-order valence-corrected chi connectivity index (χ4v) is 13.2. The Balaban J connectivity index is 0.000000183. The van der Waals surface area contributed by atoms with Gasteiger partial charge in [0.15, 0.2) is 23.5 Å². The number of hydrogen-bond acceptors (Lipinski definition) is 16. The number of carbonyl (C=O) groups is 2. The smallest absolute Gasteiger partial charge is 0.295 e.